The van der Waals surface area contributed by atoms with E-state index in [1.54, 1.807) is 12.1 Å². The van der Waals surface area contributed by atoms with Gasteiger partial charge in [0.1, 0.15) is 5.75 Å². The van der Waals surface area contributed by atoms with Gasteiger partial charge in [-0.1, -0.05) is 0 Å². The molecule has 0 spiro atoms. The molecule has 1 aromatic heterocycles. The van der Waals surface area contributed by atoms with E-state index in [0.29, 0.717) is 21.9 Å². The molecule has 0 bridgehead atoms. The maximum absolute atomic E-state index is 11.4. The number of carbonyl (C=O) groups is 1. The van der Waals surface area contributed by atoms with E-state index in [1.165, 1.54) is 4.57 Å². The first kappa shape index (κ1) is 11.6. The summed E-state index contributed by atoms with van der Waals surface area (Å²) in [7, 11) is 0. The Morgan fingerprint density at radius 3 is 2.94 bits per heavy atom. The summed E-state index contributed by atoms with van der Waals surface area (Å²) >= 11 is 3.27. The van der Waals surface area contributed by atoms with Crippen LogP contribution >= 0.6 is 15.9 Å². The fourth-order valence-electron chi connectivity index (χ4n) is 2.56. The van der Waals surface area contributed by atoms with Crippen molar-refractivity contribution in [3.8, 4) is 5.75 Å². The number of aromatic hydroxyl groups is 1. The van der Waals surface area contributed by atoms with Gasteiger partial charge in [0.25, 0.3) is 0 Å². The molecule has 0 atom stereocenters. The van der Waals surface area contributed by atoms with E-state index in [4.69, 9.17) is 0 Å². The molecule has 18 heavy (non-hydrogen) atoms. The topological polar surface area (TPSA) is 74.5 Å². The number of hydrogen-bond donors (Lipinski definition) is 3. The van der Waals surface area contributed by atoms with Gasteiger partial charge in [-0.2, -0.15) is 0 Å². The third-order valence-electron chi connectivity index (χ3n) is 3.30. The molecule has 3 N–H and O–H groups in total. The zero-order valence-corrected chi connectivity index (χ0v) is 11.0. The second-order valence-corrected chi connectivity index (χ2v) is 5.11. The number of rotatable bonds is 0. The van der Waals surface area contributed by atoms with Crippen LogP contribution in [0.3, 0.4) is 0 Å². The minimum Gasteiger partial charge on any atom is -0.506 e. The van der Waals surface area contributed by atoms with Gasteiger partial charge in [-0.05, 0) is 46.6 Å². The molecule has 1 aliphatic rings. The smallest absolute Gasteiger partial charge is 0.416 e. The highest BCUT2D eigenvalue weighted by Crippen LogP contribution is 2.38. The number of hydrogen-bond acceptors (Lipinski definition) is 3. The van der Waals surface area contributed by atoms with Crippen LogP contribution in [0.1, 0.15) is 11.3 Å². The van der Waals surface area contributed by atoms with Gasteiger partial charge in [-0.15, -0.1) is 0 Å². The summed E-state index contributed by atoms with van der Waals surface area (Å²) in [5.41, 5.74) is 2.18. The van der Waals surface area contributed by atoms with Crippen molar-refractivity contribution in [1.82, 2.24) is 9.88 Å². The van der Waals surface area contributed by atoms with Gasteiger partial charge in [0, 0.05) is 17.6 Å². The van der Waals surface area contributed by atoms with Gasteiger partial charge < -0.3 is 15.5 Å². The number of fused-ring (bicyclic) bond motifs is 3. The van der Waals surface area contributed by atoms with E-state index in [1.807, 2.05) is 0 Å². The third-order valence-corrected chi connectivity index (χ3v) is 3.94. The summed E-state index contributed by atoms with van der Waals surface area (Å²) in [4.78, 5) is 11.4. The molecule has 0 saturated carbocycles. The van der Waals surface area contributed by atoms with Crippen molar-refractivity contribution in [2.45, 2.75) is 13.0 Å². The minimum atomic E-state index is -1.02. The zero-order chi connectivity index (χ0) is 12.9. The van der Waals surface area contributed by atoms with Crippen LogP contribution in [0.15, 0.2) is 16.6 Å². The van der Waals surface area contributed by atoms with Crippen molar-refractivity contribution < 1.29 is 15.0 Å². The Balaban J connectivity index is 2.47. The molecule has 0 amide bonds. The number of carboxylic acid groups (broad SMARTS) is 1. The molecule has 0 fully saturated rings. The average Bonchev–Trinajstić information content (AvgIpc) is 2.68. The van der Waals surface area contributed by atoms with Crippen LogP contribution in [0.5, 0.6) is 5.75 Å². The predicted molar refractivity (Wildman–Crippen MR) is 70.1 cm³/mol. The van der Waals surface area contributed by atoms with Crippen molar-refractivity contribution >= 4 is 32.9 Å². The molecule has 2 aromatic rings. The van der Waals surface area contributed by atoms with E-state index < -0.39 is 6.09 Å². The number of phenolic OH excluding ortho intramolecular Hbond substituents is 1. The lowest BCUT2D eigenvalue weighted by molar-refractivity contribution is 0.196. The first-order valence-corrected chi connectivity index (χ1v) is 6.38. The Hall–Kier alpha value is -1.53. The molecule has 1 aliphatic heterocycles. The summed E-state index contributed by atoms with van der Waals surface area (Å²) in [6.07, 6.45) is -0.303. The van der Waals surface area contributed by atoms with Crippen molar-refractivity contribution in [3.63, 3.8) is 0 Å². The fourth-order valence-corrected chi connectivity index (χ4v) is 2.89. The lowest BCUT2D eigenvalue weighted by Crippen LogP contribution is -2.26. The molecule has 94 valence electrons. The third kappa shape index (κ3) is 1.46. The summed E-state index contributed by atoms with van der Waals surface area (Å²) < 4.78 is 1.84. The number of benzene rings is 1. The largest absolute Gasteiger partial charge is 0.506 e. The number of nitrogens with zero attached hydrogens (tertiary/aromatic N) is 1. The molecule has 0 aliphatic carbocycles. The van der Waals surface area contributed by atoms with Crippen molar-refractivity contribution in [3.05, 3.63) is 27.9 Å². The van der Waals surface area contributed by atoms with Gasteiger partial charge in [0.15, 0.2) is 0 Å². The lowest BCUT2D eigenvalue weighted by atomic mass is 10.0. The van der Waals surface area contributed by atoms with Crippen molar-refractivity contribution in [1.29, 1.82) is 0 Å². The molecule has 5 nitrogen and oxygen atoms in total. The molecule has 3 rings (SSSR count). The highest BCUT2D eigenvalue weighted by molar-refractivity contribution is 9.10. The first-order valence-electron chi connectivity index (χ1n) is 5.59. The predicted octanol–water partition coefficient (Wildman–Crippen LogP) is 2.28. The number of halogens is 1. The van der Waals surface area contributed by atoms with Gasteiger partial charge in [0.05, 0.1) is 9.99 Å². The van der Waals surface area contributed by atoms with Crippen LogP contribution in [0.2, 0.25) is 0 Å². The van der Waals surface area contributed by atoms with Crippen LogP contribution in [-0.2, 0) is 13.0 Å². The number of nitrogens with one attached hydrogen (secondary N) is 1. The summed E-state index contributed by atoms with van der Waals surface area (Å²) in [6.45, 7) is 1.30. The molecular formula is C12H11BrN2O3. The molecule has 0 saturated heterocycles. The molecule has 0 unspecified atom stereocenters. The summed E-state index contributed by atoms with van der Waals surface area (Å²) in [6, 6.07) is 3.38. The standard InChI is InChI=1S/C12H11BrN2O3/c13-7-1-2-8-10(11(7)16)6-3-4-14-5-9(6)15(8)12(17)18/h1-2,14,16H,3-5H2,(H,17,18). The molecule has 6 heteroatoms. The van der Waals surface area contributed by atoms with Crippen molar-refractivity contribution in [2.75, 3.05) is 6.54 Å². The lowest BCUT2D eigenvalue weighted by Gasteiger charge is -2.14. The SMILES string of the molecule is O=C(O)n1c2c(c3c(O)c(Br)ccc31)CCNC2. The first-order chi connectivity index (χ1) is 8.61. The maximum Gasteiger partial charge on any atom is 0.416 e. The Morgan fingerprint density at radius 1 is 1.44 bits per heavy atom. The van der Waals surface area contributed by atoms with Crippen LogP contribution in [0, 0.1) is 0 Å². The Labute approximate surface area is 111 Å². The highest BCUT2D eigenvalue weighted by Gasteiger charge is 2.25. The van der Waals surface area contributed by atoms with Crippen LogP contribution < -0.4 is 5.32 Å². The van der Waals surface area contributed by atoms with E-state index in [9.17, 15) is 15.0 Å². The van der Waals surface area contributed by atoms with E-state index in [2.05, 4.69) is 21.2 Å². The molecule has 1 aromatic carbocycles. The van der Waals surface area contributed by atoms with Gasteiger partial charge in [-0.25, -0.2) is 9.36 Å². The number of phenols is 1. The Morgan fingerprint density at radius 2 is 2.22 bits per heavy atom. The van der Waals surface area contributed by atoms with Gasteiger partial charge in [-0.3, -0.25) is 0 Å². The van der Waals surface area contributed by atoms with Crippen LogP contribution in [0.25, 0.3) is 10.9 Å². The van der Waals surface area contributed by atoms with Crippen LogP contribution in [-0.4, -0.2) is 27.4 Å². The van der Waals surface area contributed by atoms with E-state index in [0.717, 1.165) is 24.2 Å². The maximum atomic E-state index is 11.4. The van der Waals surface area contributed by atoms with Crippen molar-refractivity contribution in [2.24, 2.45) is 0 Å². The normalized spacial score (nSPS) is 14.7. The fraction of sp³-hybridized carbons (Fsp3) is 0.250. The Kier molecular flexibility index (Phi) is 2.57. The second-order valence-electron chi connectivity index (χ2n) is 4.26. The highest BCUT2D eigenvalue weighted by atomic mass is 79.9. The Bertz CT molecular complexity index is 663. The van der Waals surface area contributed by atoms with Gasteiger partial charge in [0.2, 0.25) is 0 Å². The second kappa shape index (κ2) is 4.00. The molecule has 0 radical (unpaired) electrons. The molecular weight excluding hydrogens is 300 g/mol. The minimum absolute atomic E-state index is 0.116. The summed E-state index contributed by atoms with van der Waals surface area (Å²) in [5, 5.41) is 23.3. The molecule has 2 heterocycles. The van der Waals surface area contributed by atoms with Crippen LogP contribution in [0.4, 0.5) is 4.79 Å². The van der Waals surface area contributed by atoms with E-state index >= 15 is 0 Å². The van der Waals surface area contributed by atoms with E-state index in [-0.39, 0.29) is 5.75 Å². The van der Waals surface area contributed by atoms with Gasteiger partial charge >= 0.3 is 6.09 Å². The summed E-state index contributed by atoms with van der Waals surface area (Å²) in [5.74, 6) is 0.116. The average molecular weight is 311 g/mol. The number of aromatic nitrogens is 1. The zero-order valence-electron chi connectivity index (χ0n) is 9.40. The monoisotopic (exact) mass is 310 g/mol. The quantitative estimate of drug-likeness (QED) is 0.698.